The normalized spacial score (nSPS) is 16.7. The predicted molar refractivity (Wildman–Crippen MR) is 188 cm³/mol. The van der Waals surface area contributed by atoms with Gasteiger partial charge in [0, 0.05) is 0 Å². The van der Waals surface area contributed by atoms with Crippen LogP contribution >= 0.6 is 0 Å². The van der Waals surface area contributed by atoms with Crippen LogP contribution in [0.1, 0.15) is 72.2 Å². The molecular formula is C39H41N6+. The van der Waals surface area contributed by atoms with E-state index in [4.69, 9.17) is 20.1 Å². The molecule has 1 aliphatic rings. The van der Waals surface area contributed by atoms with E-state index in [1.165, 1.54) is 0 Å². The van der Waals surface area contributed by atoms with E-state index in [-0.39, 0.29) is 0 Å². The molecule has 0 spiro atoms. The van der Waals surface area contributed by atoms with Gasteiger partial charge in [-0.15, -0.1) is 15.1 Å². The molecule has 6 heteroatoms. The third-order valence-electron chi connectivity index (χ3n) is 8.02. The van der Waals surface area contributed by atoms with Crippen LogP contribution in [0, 0.1) is 53.4 Å². The largest absolute Gasteiger partial charge is 0.378 e. The summed E-state index contributed by atoms with van der Waals surface area (Å²) >= 11 is 0. The highest BCUT2D eigenvalue weighted by atomic mass is 15.5. The Hall–Kier alpha value is -4.71. The first-order chi connectivity index (χ1) is 21.8. The lowest BCUT2D eigenvalue weighted by atomic mass is 10.1. The highest BCUT2D eigenvalue weighted by Crippen LogP contribution is 2.32. The van der Waals surface area contributed by atoms with E-state index in [0.717, 1.165) is 67.3 Å². The van der Waals surface area contributed by atoms with Crippen LogP contribution in [0.4, 0.5) is 22.7 Å². The maximum atomic E-state index is 5.33. The molecule has 6 nitrogen and oxygen atoms in total. The van der Waals surface area contributed by atoms with Gasteiger partial charge in [-0.25, -0.2) is 10.3 Å². The van der Waals surface area contributed by atoms with E-state index in [9.17, 15) is 0 Å². The highest BCUT2D eigenvalue weighted by molar-refractivity contribution is 6.45. The zero-order chi connectivity index (χ0) is 32.1. The van der Waals surface area contributed by atoms with Gasteiger partial charge in [0.2, 0.25) is 5.84 Å². The Balaban J connectivity index is 1.89. The molecule has 0 aromatic heterocycles. The van der Waals surface area contributed by atoms with Crippen molar-refractivity contribution in [1.82, 2.24) is 5.32 Å². The number of nitrogens with zero attached hydrogens (tertiary/aromatic N) is 5. The molecule has 0 unspecified atom stereocenters. The van der Waals surface area contributed by atoms with Crippen molar-refractivity contribution in [2.24, 2.45) is 20.1 Å². The van der Waals surface area contributed by atoms with Gasteiger partial charge < -0.3 is 0 Å². The summed E-state index contributed by atoms with van der Waals surface area (Å²) in [5.41, 5.74) is 11.8. The van der Waals surface area contributed by atoms with Gasteiger partial charge in [-0.1, -0.05) is 105 Å². The maximum Gasteiger partial charge on any atom is 0.378 e. The Morgan fingerprint density at radius 1 is 0.489 bits per heavy atom. The minimum absolute atomic E-state index is 0.529. The lowest BCUT2D eigenvalue weighted by Crippen LogP contribution is -2.23. The fourth-order valence-corrected chi connectivity index (χ4v) is 5.44. The van der Waals surface area contributed by atoms with Crippen molar-refractivity contribution in [1.29, 1.82) is 0 Å². The number of nitrogens with one attached hydrogen (secondary N) is 1. The summed E-state index contributed by atoms with van der Waals surface area (Å²) < 4.78 is 1.82. The molecular weight excluding hydrogens is 552 g/mol. The summed E-state index contributed by atoms with van der Waals surface area (Å²) in [6.45, 7) is 16.4. The number of hydrogen-bond donors (Lipinski definition) is 1. The van der Waals surface area contributed by atoms with Crippen LogP contribution in [-0.4, -0.2) is 22.3 Å². The summed E-state index contributed by atoms with van der Waals surface area (Å²) in [5, 5.41) is 8.83. The molecule has 45 heavy (non-hydrogen) atoms. The molecule has 0 aliphatic carbocycles. The zero-order valence-electron chi connectivity index (χ0n) is 27.5. The monoisotopic (exact) mass is 593 g/mol. The van der Waals surface area contributed by atoms with Crippen LogP contribution in [-0.2, 0) is 0 Å². The molecule has 0 bridgehead atoms. The Bertz CT molecular complexity index is 1720. The quantitative estimate of drug-likeness (QED) is 0.203. The summed E-state index contributed by atoms with van der Waals surface area (Å²) in [5.74, 6) is 1.67. The fourth-order valence-electron chi connectivity index (χ4n) is 5.44. The number of azo groups is 2. The second-order valence-corrected chi connectivity index (χ2v) is 11.1. The van der Waals surface area contributed by atoms with Crippen LogP contribution in [0.5, 0.6) is 0 Å². The van der Waals surface area contributed by atoms with Gasteiger partial charge >= 0.3 is 11.8 Å². The molecule has 1 saturated heterocycles. The lowest BCUT2D eigenvalue weighted by molar-refractivity contribution is -0.344. The zero-order valence-corrected chi connectivity index (χ0v) is 27.5. The van der Waals surface area contributed by atoms with E-state index in [2.05, 4.69) is 131 Å². The van der Waals surface area contributed by atoms with Crippen LogP contribution in [0.3, 0.4) is 0 Å². The first-order valence-electron chi connectivity index (χ1n) is 15.4. The smallest absolute Gasteiger partial charge is 0.239 e. The Kier molecular flexibility index (Phi) is 9.82. The van der Waals surface area contributed by atoms with Crippen LogP contribution in [0.15, 0.2) is 92.9 Å². The molecule has 4 aromatic rings. The van der Waals surface area contributed by atoms with Crippen molar-refractivity contribution >= 4 is 40.4 Å². The number of rotatable bonds is 8. The highest BCUT2D eigenvalue weighted by Gasteiger charge is 2.39. The number of aliphatic imine (C=N–C) groups is 3. The van der Waals surface area contributed by atoms with E-state index in [0.29, 0.717) is 17.6 Å². The number of guanidine groups is 1. The van der Waals surface area contributed by atoms with E-state index < -0.39 is 0 Å². The minimum atomic E-state index is 0.529. The van der Waals surface area contributed by atoms with Crippen molar-refractivity contribution in [2.45, 2.75) is 55.4 Å². The lowest BCUT2D eigenvalue weighted by Gasteiger charge is -2.08. The summed E-state index contributed by atoms with van der Waals surface area (Å²) in [7, 11) is 0. The van der Waals surface area contributed by atoms with Gasteiger partial charge in [-0.05, 0) is 97.9 Å². The average Bonchev–Trinajstić information content (AvgIpc) is 3.35. The van der Waals surface area contributed by atoms with E-state index >= 15 is 0 Å². The Labute approximate surface area is 268 Å². The summed E-state index contributed by atoms with van der Waals surface area (Å²) in [4.78, 5) is 15.8. The molecule has 4 radical (unpaired) electrons. The van der Waals surface area contributed by atoms with Crippen molar-refractivity contribution in [3.8, 4) is 0 Å². The molecule has 1 N–H and O–H groups in total. The van der Waals surface area contributed by atoms with Crippen molar-refractivity contribution in [3.63, 3.8) is 0 Å². The first kappa shape index (κ1) is 31.7. The standard InChI is InChI=1S/C39H41N6/c1-9-29-21-13-17-25(5)33(29)40-37-38(41-34-26(6)18-14-22-30(34)10-2)45(44-36-28(8)20-16-24-32(36)12-4)39(43-37)42-35-27(7)19-15-23-31(35)11-3/h9-24H,1-8H3,(H,40,42,43)/q+1. The molecule has 0 amide bonds. The van der Waals surface area contributed by atoms with Gasteiger partial charge in [0.05, 0.1) is 5.69 Å². The maximum absolute atomic E-state index is 5.33. The average molecular weight is 594 g/mol. The molecule has 0 saturated carbocycles. The molecule has 0 atom stereocenters. The molecule has 1 heterocycles. The van der Waals surface area contributed by atoms with Crippen LogP contribution in [0.2, 0.25) is 0 Å². The number of aryl methyl sites for hydroxylation is 4. The third kappa shape index (κ3) is 6.56. The summed E-state index contributed by atoms with van der Waals surface area (Å²) in [6.07, 6.45) is 8.31. The van der Waals surface area contributed by atoms with Crippen molar-refractivity contribution in [3.05, 3.63) is 143 Å². The second kappa shape index (κ2) is 13.9. The van der Waals surface area contributed by atoms with Crippen molar-refractivity contribution in [2.75, 3.05) is 0 Å². The van der Waals surface area contributed by atoms with Gasteiger partial charge in [0.15, 0.2) is 0 Å². The van der Waals surface area contributed by atoms with Gasteiger partial charge in [0.25, 0.3) is 0 Å². The molecule has 1 fully saturated rings. The van der Waals surface area contributed by atoms with E-state index in [1.807, 2.05) is 32.4 Å². The number of amidine groups is 2. The van der Waals surface area contributed by atoms with Gasteiger partial charge in [-0.3, -0.25) is 0 Å². The first-order valence-corrected chi connectivity index (χ1v) is 15.4. The second-order valence-electron chi connectivity index (χ2n) is 11.1. The minimum Gasteiger partial charge on any atom is -0.239 e. The number of benzene rings is 4. The predicted octanol–water partition coefficient (Wildman–Crippen LogP) is 10.1. The Morgan fingerprint density at radius 2 is 0.867 bits per heavy atom. The molecule has 1 aliphatic heterocycles. The number of para-hydroxylation sites is 3. The molecule has 4 aromatic carbocycles. The van der Waals surface area contributed by atoms with Gasteiger partial charge in [-0.2, -0.15) is 0 Å². The fraction of sp³-hybridized carbons (Fsp3) is 0.205. The topological polar surface area (TPSA) is 64.5 Å². The van der Waals surface area contributed by atoms with Crippen molar-refractivity contribution < 1.29 is 4.70 Å². The summed E-state index contributed by atoms with van der Waals surface area (Å²) in [6, 6.07) is 24.8. The number of hydrogen-bond acceptors (Lipinski definition) is 4. The Morgan fingerprint density at radius 3 is 1.31 bits per heavy atom. The van der Waals surface area contributed by atoms with Gasteiger partial charge in [0.1, 0.15) is 17.1 Å². The van der Waals surface area contributed by atoms with E-state index in [1.54, 1.807) is 0 Å². The molecule has 226 valence electrons. The third-order valence-corrected chi connectivity index (χ3v) is 8.02. The van der Waals surface area contributed by atoms with Crippen LogP contribution < -0.4 is 5.32 Å². The SMILES string of the molecule is C[CH]c1cccc(C)c1N=C1NC(=Nc2c(C)cccc2[CH]C)[N+](=Nc2c(C)cccc2[CH]C)C1=Nc1c(C)cccc1[CH]C. The van der Waals surface area contributed by atoms with Crippen LogP contribution in [0.25, 0.3) is 0 Å². The molecule has 5 rings (SSSR count).